The monoisotopic (exact) mass is 233 g/mol. The van der Waals surface area contributed by atoms with E-state index in [0.29, 0.717) is 26.2 Å². The lowest BCUT2D eigenvalue weighted by Gasteiger charge is -2.32. The molecule has 90 valence electrons. The molecule has 0 aromatic heterocycles. The molecular formula is C12H15N3O2. The van der Waals surface area contributed by atoms with Crippen LogP contribution < -0.4 is 0 Å². The van der Waals surface area contributed by atoms with E-state index in [0.717, 1.165) is 5.56 Å². The molecule has 2 unspecified atom stereocenters. The maximum Gasteiger partial charge on any atom is 0.109 e. The van der Waals surface area contributed by atoms with Crippen LogP contribution in [0.4, 0.5) is 0 Å². The lowest BCUT2D eigenvalue weighted by Crippen LogP contribution is -2.32. The van der Waals surface area contributed by atoms with Gasteiger partial charge in [-0.15, -0.1) is 0 Å². The molecule has 1 aromatic carbocycles. The predicted molar refractivity (Wildman–Crippen MR) is 63.5 cm³/mol. The van der Waals surface area contributed by atoms with Gasteiger partial charge in [0.15, 0.2) is 0 Å². The number of benzene rings is 1. The first-order valence-electron chi connectivity index (χ1n) is 5.71. The lowest BCUT2D eigenvalue weighted by atomic mass is 10.0. The summed E-state index contributed by atoms with van der Waals surface area (Å²) in [6, 6.07) is 10.00. The summed E-state index contributed by atoms with van der Waals surface area (Å²) in [6.45, 7) is 1.65. The zero-order valence-corrected chi connectivity index (χ0v) is 9.53. The highest BCUT2D eigenvalue weighted by atomic mass is 16.6. The quantitative estimate of drug-likeness (QED) is 0.456. The number of hydrogen-bond donors (Lipinski definition) is 0. The summed E-state index contributed by atoms with van der Waals surface area (Å²) in [5.74, 6) is 0. The topological polar surface area (TPSA) is 67.2 Å². The molecule has 2 rings (SSSR count). The highest BCUT2D eigenvalue weighted by Crippen LogP contribution is 2.28. The van der Waals surface area contributed by atoms with Crippen LogP contribution in [0.1, 0.15) is 18.1 Å². The third kappa shape index (κ3) is 3.20. The van der Waals surface area contributed by atoms with Crippen LogP contribution >= 0.6 is 0 Å². The molecular weight excluding hydrogens is 218 g/mol. The summed E-state index contributed by atoms with van der Waals surface area (Å²) in [4.78, 5) is 2.75. The van der Waals surface area contributed by atoms with Gasteiger partial charge in [0.05, 0.1) is 19.3 Å². The molecule has 1 aliphatic rings. The lowest BCUT2D eigenvalue weighted by molar-refractivity contribution is -0.143. The highest BCUT2D eigenvalue weighted by Gasteiger charge is 2.27. The van der Waals surface area contributed by atoms with Gasteiger partial charge in [-0.2, -0.15) is 0 Å². The van der Waals surface area contributed by atoms with Gasteiger partial charge in [-0.1, -0.05) is 35.4 Å². The van der Waals surface area contributed by atoms with Crippen molar-refractivity contribution in [2.24, 2.45) is 5.11 Å². The van der Waals surface area contributed by atoms with E-state index in [1.54, 1.807) is 0 Å². The van der Waals surface area contributed by atoms with Crippen LogP contribution in [0.2, 0.25) is 0 Å². The SMILES string of the molecule is [N-]=[N+]=NCCC1OCCOC1c1ccccc1. The van der Waals surface area contributed by atoms with Gasteiger partial charge in [0.1, 0.15) is 6.10 Å². The fraction of sp³-hybridized carbons (Fsp3) is 0.500. The van der Waals surface area contributed by atoms with Crippen LogP contribution in [0.5, 0.6) is 0 Å². The van der Waals surface area contributed by atoms with Crippen LogP contribution in [-0.4, -0.2) is 25.9 Å². The Balaban J connectivity index is 2.04. The first-order chi connectivity index (χ1) is 8.42. The number of rotatable bonds is 4. The van der Waals surface area contributed by atoms with Crippen LogP contribution in [-0.2, 0) is 9.47 Å². The van der Waals surface area contributed by atoms with Crippen molar-refractivity contribution in [3.8, 4) is 0 Å². The molecule has 0 saturated carbocycles. The third-order valence-corrected chi connectivity index (χ3v) is 2.76. The second-order valence-corrected chi connectivity index (χ2v) is 3.85. The Morgan fingerprint density at radius 2 is 2.00 bits per heavy atom. The van der Waals surface area contributed by atoms with Crippen molar-refractivity contribution >= 4 is 0 Å². The predicted octanol–water partition coefficient (Wildman–Crippen LogP) is 2.84. The molecule has 2 atom stereocenters. The number of hydrogen-bond acceptors (Lipinski definition) is 3. The second kappa shape index (κ2) is 6.25. The van der Waals surface area contributed by atoms with E-state index in [1.807, 2.05) is 30.3 Å². The van der Waals surface area contributed by atoms with Gasteiger partial charge in [0.2, 0.25) is 0 Å². The third-order valence-electron chi connectivity index (χ3n) is 2.76. The molecule has 1 saturated heterocycles. The summed E-state index contributed by atoms with van der Waals surface area (Å²) in [5.41, 5.74) is 9.37. The fourth-order valence-electron chi connectivity index (χ4n) is 1.99. The minimum atomic E-state index is -0.0566. The van der Waals surface area contributed by atoms with Crippen molar-refractivity contribution < 1.29 is 9.47 Å². The maximum absolute atomic E-state index is 8.26. The molecule has 1 aliphatic heterocycles. The van der Waals surface area contributed by atoms with Gasteiger partial charge < -0.3 is 9.47 Å². The first kappa shape index (κ1) is 11.9. The summed E-state index contributed by atoms with van der Waals surface area (Å²) >= 11 is 0. The van der Waals surface area contributed by atoms with Crippen molar-refractivity contribution in [2.75, 3.05) is 19.8 Å². The number of azide groups is 1. The van der Waals surface area contributed by atoms with E-state index in [-0.39, 0.29) is 12.2 Å². The van der Waals surface area contributed by atoms with E-state index in [2.05, 4.69) is 10.0 Å². The van der Waals surface area contributed by atoms with Crippen LogP contribution in [0.15, 0.2) is 35.4 Å². The standard InChI is InChI=1S/C12H15N3O2/c13-15-14-7-6-11-12(17-9-8-16-11)10-4-2-1-3-5-10/h1-5,11-12H,6-9H2. The average Bonchev–Trinajstić information content (AvgIpc) is 2.41. The van der Waals surface area contributed by atoms with E-state index in [4.69, 9.17) is 15.0 Å². The Kier molecular flexibility index (Phi) is 4.38. The van der Waals surface area contributed by atoms with Crippen molar-refractivity contribution in [3.05, 3.63) is 46.3 Å². The van der Waals surface area contributed by atoms with Crippen molar-refractivity contribution in [2.45, 2.75) is 18.6 Å². The Morgan fingerprint density at radius 1 is 1.24 bits per heavy atom. The fourth-order valence-corrected chi connectivity index (χ4v) is 1.99. The van der Waals surface area contributed by atoms with Crippen LogP contribution in [0.25, 0.3) is 10.4 Å². The molecule has 0 spiro atoms. The summed E-state index contributed by atoms with van der Waals surface area (Å²) in [6.07, 6.45) is 0.597. The minimum absolute atomic E-state index is 0.0309. The molecule has 0 aliphatic carbocycles. The maximum atomic E-state index is 8.26. The Morgan fingerprint density at radius 3 is 2.76 bits per heavy atom. The molecule has 1 heterocycles. The molecule has 0 amide bonds. The molecule has 0 N–H and O–H groups in total. The number of ether oxygens (including phenoxy) is 2. The average molecular weight is 233 g/mol. The zero-order valence-electron chi connectivity index (χ0n) is 9.53. The van der Waals surface area contributed by atoms with Gasteiger partial charge in [-0.25, -0.2) is 0 Å². The largest absolute Gasteiger partial charge is 0.373 e. The van der Waals surface area contributed by atoms with Gasteiger partial charge in [0, 0.05) is 11.5 Å². The van der Waals surface area contributed by atoms with E-state index in [1.165, 1.54) is 0 Å². The summed E-state index contributed by atoms with van der Waals surface area (Å²) < 4.78 is 11.4. The van der Waals surface area contributed by atoms with Gasteiger partial charge >= 0.3 is 0 Å². The van der Waals surface area contributed by atoms with Crippen molar-refractivity contribution in [1.29, 1.82) is 0 Å². The summed E-state index contributed by atoms with van der Waals surface area (Å²) in [5, 5.41) is 3.54. The highest BCUT2D eigenvalue weighted by molar-refractivity contribution is 5.19. The smallest absolute Gasteiger partial charge is 0.109 e. The molecule has 0 bridgehead atoms. The Hall–Kier alpha value is -1.55. The second-order valence-electron chi connectivity index (χ2n) is 3.85. The zero-order chi connectivity index (χ0) is 11.9. The number of nitrogens with zero attached hydrogens (tertiary/aromatic N) is 3. The van der Waals surface area contributed by atoms with E-state index < -0.39 is 0 Å². The van der Waals surface area contributed by atoms with Gasteiger partial charge in [0.25, 0.3) is 0 Å². The first-order valence-corrected chi connectivity index (χ1v) is 5.71. The van der Waals surface area contributed by atoms with Crippen molar-refractivity contribution in [3.63, 3.8) is 0 Å². The Bertz CT molecular complexity index is 390. The molecule has 0 radical (unpaired) electrons. The Labute approximate surface area is 100.0 Å². The molecule has 1 aromatic rings. The molecule has 17 heavy (non-hydrogen) atoms. The van der Waals surface area contributed by atoms with E-state index >= 15 is 0 Å². The van der Waals surface area contributed by atoms with Gasteiger partial charge in [-0.3, -0.25) is 0 Å². The minimum Gasteiger partial charge on any atom is -0.373 e. The van der Waals surface area contributed by atoms with Crippen LogP contribution in [0, 0.1) is 0 Å². The molecule has 1 fully saturated rings. The van der Waals surface area contributed by atoms with Crippen LogP contribution in [0.3, 0.4) is 0 Å². The normalized spacial score (nSPS) is 24.0. The molecule has 5 nitrogen and oxygen atoms in total. The van der Waals surface area contributed by atoms with E-state index in [9.17, 15) is 0 Å². The molecule has 5 heteroatoms. The van der Waals surface area contributed by atoms with Gasteiger partial charge in [-0.05, 0) is 17.5 Å². The van der Waals surface area contributed by atoms with Crippen molar-refractivity contribution in [1.82, 2.24) is 0 Å². The summed E-state index contributed by atoms with van der Waals surface area (Å²) in [7, 11) is 0.